The molecule has 7 nitrogen and oxygen atoms in total. The van der Waals surface area contributed by atoms with Gasteiger partial charge in [-0.3, -0.25) is 0 Å². The number of aliphatic carboxylic acids is 1. The lowest BCUT2D eigenvalue weighted by molar-refractivity contribution is -0.131. The minimum absolute atomic E-state index is 0.220. The van der Waals surface area contributed by atoms with Crippen molar-refractivity contribution in [2.24, 2.45) is 0 Å². The Morgan fingerprint density at radius 3 is 2.66 bits per heavy atom. The van der Waals surface area contributed by atoms with Crippen molar-refractivity contribution in [1.29, 1.82) is 0 Å². The molecule has 29 heavy (non-hydrogen) atoms. The van der Waals surface area contributed by atoms with Crippen LogP contribution in [0.3, 0.4) is 0 Å². The average Bonchev–Trinajstić information content (AvgIpc) is 2.62. The number of alkyl halides is 3. The van der Waals surface area contributed by atoms with Crippen LogP contribution in [0.25, 0.3) is 0 Å². The van der Waals surface area contributed by atoms with Gasteiger partial charge in [0.15, 0.2) is 0 Å². The molecule has 0 atom stereocenters. The second-order valence-electron chi connectivity index (χ2n) is 6.69. The summed E-state index contributed by atoms with van der Waals surface area (Å²) in [7, 11) is -5.88. The minimum Gasteiger partial charge on any atom is -0.478 e. The van der Waals surface area contributed by atoms with Crippen LogP contribution in [0.2, 0.25) is 0 Å². The van der Waals surface area contributed by atoms with Crippen LogP contribution in [0, 0.1) is 0 Å². The van der Waals surface area contributed by atoms with Crippen molar-refractivity contribution in [3.8, 4) is 0 Å². The Labute approximate surface area is 167 Å². The third-order valence-electron chi connectivity index (χ3n) is 4.34. The molecule has 11 heteroatoms. The number of carboxylic acid groups (broad SMARTS) is 1. The molecule has 1 aliphatic rings. The highest BCUT2D eigenvalue weighted by Gasteiger charge is 2.48. The molecule has 0 amide bonds. The fraction of sp³-hybridized carbons (Fsp3) is 0.556. The number of pyridine rings is 1. The maximum Gasteiger partial charge on any atom is 0.534 e. The number of rotatable bonds is 10. The van der Waals surface area contributed by atoms with Gasteiger partial charge in [0.2, 0.25) is 0 Å². The van der Waals surface area contributed by atoms with Crippen molar-refractivity contribution < 1.29 is 35.7 Å². The standard InChI is InChI=1S/C18H23F3N2O5S/c19-18(20,21)29(26,27)28-15(12-16(24)25)8-4-2-1-3-7-14-10-9-13-6-5-11-22-17(13)23-14/h9-10,12H,1-8,11H2,(H,22,23)(H,24,25)/b15-12-. The summed E-state index contributed by atoms with van der Waals surface area (Å²) in [6, 6.07) is 4.04. The van der Waals surface area contributed by atoms with Gasteiger partial charge in [0.25, 0.3) is 0 Å². The van der Waals surface area contributed by atoms with Crippen LogP contribution < -0.4 is 5.32 Å². The highest BCUT2D eigenvalue weighted by atomic mass is 32.2. The van der Waals surface area contributed by atoms with Gasteiger partial charge in [-0.2, -0.15) is 21.6 Å². The molecule has 0 fully saturated rings. The van der Waals surface area contributed by atoms with Crippen molar-refractivity contribution in [2.75, 3.05) is 11.9 Å². The van der Waals surface area contributed by atoms with Crippen molar-refractivity contribution in [3.05, 3.63) is 35.2 Å². The number of anilines is 1. The Morgan fingerprint density at radius 1 is 1.24 bits per heavy atom. The van der Waals surface area contributed by atoms with E-state index in [1.165, 1.54) is 5.56 Å². The zero-order valence-corrected chi connectivity index (χ0v) is 16.5. The van der Waals surface area contributed by atoms with E-state index in [1.807, 2.05) is 6.07 Å². The molecule has 0 bridgehead atoms. The zero-order chi connectivity index (χ0) is 21.5. The summed E-state index contributed by atoms with van der Waals surface area (Å²) in [6.45, 7) is 0.905. The Bertz CT molecular complexity index is 854. The van der Waals surface area contributed by atoms with Crippen LogP contribution in [0.5, 0.6) is 0 Å². The van der Waals surface area contributed by atoms with E-state index < -0.39 is 27.4 Å². The number of nitrogens with zero attached hydrogens (tertiary/aromatic N) is 1. The SMILES string of the molecule is O=C(O)/C=C(/CCCCCCc1ccc2c(n1)NCCC2)OS(=O)(=O)C(F)(F)F. The number of aromatic nitrogens is 1. The third kappa shape index (κ3) is 7.22. The molecule has 162 valence electrons. The highest BCUT2D eigenvalue weighted by Crippen LogP contribution is 2.28. The Hall–Kier alpha value is -2.30. The van der Waals surface area contributed by atoms with E-state index in [9.17, 15) is 26.4 Å². The second-order valence-corrected chi connectivity index (χ2v) is 8.22. The van der Waals surface area contributed by atoms with Crippen LogP contribution in [-0.2, 0) is 31.9 Å². The van der Waals surface area contributed by atoms with Gasteiger partial charge in [-0.25, -0.2) is 9.78 Å². The fourth-order valence-corrected chi connectivity index (χ4v) is 3.44. The van der Waals surface area contributed by atoms with Crippen molar-refractivity contribution in [3.63, 3.8) is 0 Å². The van der Waals surface area contributed by atoms with E-state index in [4.69, 9.17) is 5.11 Å². The van der Waals surface area contributed by atoms with Crippen molar-refractivity contribution in [2.45, 2.75) is 56.9 Å². The predicted molar refractivity (Wildman–Crippen MR) is 99.6 cm³/mol. The number of fused-ring (bicyclic) bond motifs is 1. The van der Waals surface area contributed by atoms with Gasteiger partial charge in [0.05, 0.1) is 6.08 Å². The van der Waals surface area contributed by atoms with Gasteiger partial charge in [-0.05, 0) is 43.7 Å². The van der Waals surface area contributed by atoms with E-state index >= 15 is 0 Å². The van der Waals surface area contributed by atoms with Gasteiger partial charge >= 0.3 is 21.6 Å². The quantitative estimate of drug-likeness (QED) is 0.189. The van der Waals surface area contributed by atoms with Crippen molar-refractivity contribution in [1.82, 2.24) is 4.98 Å². The van der Waals surface area contributed by atoms with E-state index in [-0.39, 0.29) is 6.42 Å². The van der Waals surface area contributed by atoms with Crippen LogP contribution >= 0.6 is 0 Å². The average molecular weight is 436 g/mol. The molecule has 0 saturated heterocycles. The Balaban J connectivity index is 1.76. The Kier molecular flexibility index (Phi) is 7.88. The van der Waals surface area contributed by atoms with Crippen LogP contribution in [0.4, 0.5) is 19.0 Å². The summed E-state index contributed by atoms with van der Waals surface area (Å²) in [5.74, 6) is -1.40. The molecule has 2 N–H and O–H groups in total. The number of allylic oxidation sites excluding steroid dienone is 1. The first kappa shape index (κ1) is 23.0. The van der Waals surface area contributed by atoms with E-state index in [2.05, 4.69) is 20.6 Å². The first-order chi connectivity index (χ1) is 13.6. The van der Waals surface area contributed by atoms with Gasteiger partial charge in [-0.15, -0.1) is 0 Å². The minimum atomic E-state index is -5.88. The number of carboxylic acids is 1. The van der Waals surface area contributed by atoms with Gasteiger partial charge in [-0.1, -0.05) is 18.9 Å². The maximum atomic E-state index is 12.4. The molecule has 0 radical (unpaired) electrons. The smallest absolute Gasteiger partial charge is 0.478 e. The van der Waals surface area contributed by atoms with E-state index in [0.717, 1.165) is 50.2 Å². The topological polar surface area (TPSA) is 106 Å². The molecule has 1 aromatic heterocycles. The lowest BCUT2D eigenvalue weighted by Gasteiger charge is -2.17. The second kappa shape index (κ2) is 9.95. The molecular formula is C18H23F3N2O5S. The summed E-state index contributed by atoms with van der Waals surface area (Å²) in [5.41, 5.74) is -3.46. The predicted octanol–water partition coefficient (Wildman–Crippen LogP) is 3.77. The molecule has 1 aromatic rings. The molecular weight excluding hydrogens is 413 g/mol. The molecule has 0 spiro atoms. The molecule has 0 unspecified atom stereocenters. The molecule has 0 aromatic carbocycles. The molecule has 2 rings (SSSR count). The monoisotopic (exact) mass is 436 g/mol. The highest BCUT2D eigenvalue weighted by molar-refractivity contribution is 7.87. The Morgan fingerprint density at radius 2 is 1.97 bits per heavy atom. The number of carbonyl (C=O) groups is 1. The van der Waals surface area contributed by atoms with Gasteiger partial charge < -0.3 is 14.6 Å². The van der Waals surface area contributed by atoms with Crippen LogP contribution in [0.15, 0.2) is 24.0 Å². The maximum absolute atomic E-state index is 12.4. The number of aryl methyl sites for hydroxylation is 2. The molecule has 0 saturated carbocycles. The summed E-state index contributed by atoms with van der Waals surface area (Å²) in [6.07, 6.45) is 5.36. The number of nitrogens with one attached hydrogen (secondary N) is 1. The third-order valence-corrected chi connectivity index (χ3v) is 5.34. The van der Waals surface area contributed by atoms with Crippen LogP contribution in [0.1, 0.15) is 49.8 Å². The largest absolute Gasteiger partial charge is 0.534 e. The lowest BCUT2D eigenvalue weighted by Crippen LogP contribution is -2.25. The number of hydrogen-bond acceptors (Lipinski definition) is 6. The molecule has 1 aliphatic heterocycles. The number of halogens is 3. The number of hydrogen-bond donors (Lipinski definition) is 2. The summed E-state index contributed by atoms with van der Waals surface area (Å²) in [4.78, 5) is 15.3. The summed E-state index contributed by atoms with van der Waals surface area (Å²) in [5, 5.41) is 12.0. The molecule has 2 heterocycles. The normalized spacial score (nSPS) is 14.8. The molecule has 0 aliphatic carbocycles. The number of unbranched alkanes of at least 4 members (excludes halogenated alkanes) is 3. The first-order valence-electron chi connectivity index (χ1n) is 9.25. The van der Waals surface area contributed by atoms with Gasteiger partial charge in [0.1, 0.15) is 11.6 Å². The lowest BCUT2D eigenvalue weighted by atomic mass is 10.0. The summed E-state index contributed by atoms with van der Waals surface area (Å²) < 4.78 is 63.2. The van der Waals surface area contributed by atoms with E-state index in [0.29, 0.717) is 18.9 Å². The van der Waals surface area contributed by atoms with E-state index in [1.54, 1.807) is 0 Å². The van der Waals surface area contributed by atoms with Gasteiger partial charge in [0, 0.05) is 18.7 Å². The van der Waals surface area contributed by atoms with Crippen LogP contribution in [-0.4, -0.2) is 36.5 Å². The van der Waals surface area contributed by atoms with Crippen molar-refractivity contribution >= 4 is 21.9 Å². The first-order valence-corrected chi connectivity index (χ1v) is 10.7. The summed E-state index contributed by atoms with van der Waals surface area (Å²) >= 11 is 0. The zero-order valence-electron chi connectivity index (χ0n) is 15.7. The fourth-order valence-electron chi connectivity index (χ4n) is 2.93.